The van der Waals surface area contributed by atoms with Gasteiger partial charge in [-0.2, -0.15) is 0 Å². The molecule has 216 valence electrons. The normalized spacial score (nSPS) is 30.7. The molecule has 1 aromatic carbocycles. The summed E-state index contributed by atoms with van der Waals surface area (Å²) >= 11 is 5.42. The summed E-state index contributed by atoms with van der Waals surface area (Å²) in [6.45, 7) is 8.94. The van der Waals surface area contributed by atoms with E-state index in [9.17, 15) is 19.5 Å². The number of hydrogen-bond acceptors (Lipinski definition) is 6. The van der Waals surface area contributed by atoms with Crippen molar-refractivity contribution in [3.05, 3.63) is 24.3 Å². The number of carbonyl (C=O) groups excluding carboxylic acids is 3. The smallest absolute Gasteiger partial charge is 0.244 e. The van der Waals surface area contributed by atoms with Crippen LogP contribution in [0.4, 0.5) is 5.69 Å². The van der Waals surface area contributed by atoms with Crippen molar-refractivity contribution in [1.29, 1.82) is 0 Å². The quantitative estimate of drug-likeness (QED) is 0.224. The van der Waals surface area contributed by atoms with Crippen LogP contribution in [-0.4, -0.2) is 74.4 Å². The number of unbranched alkanes of at least 4 members (excludes halogenated alkanes) is 2. The van der Waals surface area contributed by atoms with Crippen LogP contribution in [0.5, 0.6) is 5.75 Å². The molecule has 10 heteroatoms. The van der Waals surface area contributed by atoms with Crippen molar-refractivity contribution in [2.75, 3.05) is 25.1 Å². The van der Waals surface area contributed by atoms with E-state index < -0.39 is 28.7 Å². The topological polar surface area (TPSA) is 108 Å². The van der Waals surface area contributed by atoms with E-state index in [0.29, 0.717) is 25.3 Å². The lowest BCUT2D eigenvalue weighted by molar-refractivity contribution is -0.143. The number of benzene rings is 1. The first-order valence-electron chi connectivity index (χ1n) is 14.3. The first kappa shape index (κ1) is 30.2. The van der Waals surface area contributed by atoms with Gasteiger partial charge in [-0.05, 0) is 49.9 Å². The van der Waals surface area contributed by atoms with E-state index in [-0.39, 0.29) is 40.3 Å². The highest BCUT2D eigenvalue weighted by Gasteiger charge is 2.76. The van der Waals surface area contributed by atoms with Gasteiger partial charge >= 0.3 is 0 Å². The van der Waals surface area contributed by atoms with Crippen molar-refractivity contribution < 1.29 is 24.2 Å². The Labute approximate surface area is 244 Å². The Bertz CT molecular complexity index is 1040. The second kappa shape index (κ2) is 12.8. The standard InChI is InChI=1S/C29H42BrN3O5S/c1-5-8-9-14-31-27(36)25-29-15-20(30)24(39-29)22(23(29)28(37)33(25)21(16-34)17(4)6-2)26(35)32-18-10-12-19(13-11-18)38-7-3/h10-13,17,20-25,34H,5-9,14-16H2,1-4H3,(H,31,36)(H,32,35)/t17-,20?,21-,22+,23-,24+,25?,29?/m0/s1. The van der Waals surface area contributed by atoms with Crippen LogP contribution in [0.2, 0.25) is 0 Å². The Morgan fingerprint density at radius 3 is 2.54 bits per heavy atom. The van der Waals surface area contributed by atoms with E-state index in [0.717, 1.165) is 31.4 Å². The number of carbonyl (C=O) groups is 3. The zero-order valence-electron chi connectivity index (χ0n) is 23.3. The summed E-state index contributed by atoms with van der Waals surface area (Å²) in [5.41, 5.74) is 0.636. The molecule has 3 amide bonds. The predicted molar refractivity (Wildman–Crippen MR) is 158 cm³/mol. The van der Waals surface area contributed by atoms with Crippen LogP contribution < -0.4 is 15.4 Å². The van der Waals surface area contributed by atoms with E-state index in [1.807, 2.05) is 32.9 Å². The van der Waals surface area contributed by atoms with Crippen LogP contribution in [0.15, 0.2) is 24.3 Å². The van der Waals surface area contributed by atoms with Crippen molar-refractivity contribution in [2.45, 2.75) is 86.7 Å². The maximum Gasteiger partial charge on any atom is 0.244 e. The van der Waals surface area contributed by atoms with Crippen molar-refractivity contribution >= 4 is 51.1 Å². The Balaban J connectivity index is 1.66. The van der Waals surface area contributed by atoms with Gasteiger partial charge < -0.3 is 25.4 Å². The summed E-state index contributed by atoms with van der Waals surface area (Å²) in [6, 6.07) is 5.99. The van der Waals surface area contributed by atoms with E-state index in [1.165, 1.54) is 0 Å². The van der Waals surface area contributed by atoms with Crippen LogP contribution in [0.1, 0.15) is 59.8 Å². The number of nitrogens with one attached hydrogen (secondary N) is 2. The number of aliphatic hydroxyl groups excluding tert-OH is 1. The lowest BCUT2D eigenvalue weighted by Crippen LogP contribution is -2.58. The number of ether oxygens (including phenoxy) is 1. The highest BCUT2D eigenvalue weighted by Crippen LogP contribution is 2.68. The number of thioether (sulfide) groups is 1. The fraction of sp³-hybridized carbons (Fsp3) is 0.690. The highest BCUT2D eigenvalue weighted by molar-refractivity contribution is 9.09. The zero-order valence-corrected chi connectivity index (χ0v) is 25.7. The molecule has 1 aromatic rings. The van der Waals surface area contributed by atoms with E-state index in [2.05, 4.69) is 33.5 Å². The van der Waals surface area contributed by atoms with Crippen LogP contribution in [0, 0.1) is 17.8 Å². The number of rotatable bonds is 13. The minimum absolute atomic E-state index is 0.00247. The first-order valence-corrected chi connectivity index (χ1v) is 16.1. The molecular weight excluding hydrogens is 582 g/mol. The van der Waals surface area contributed by atoms with Gasteiger partial charge in [-0.25, -0.2) is 0 Å². The van der Waals surface area contributed by atoms with E-state index >= 15 is 0 Å². The molecule has 3 fully saturated rings. The van der Waals surface area contributed by atoms with Gasteiger partial charge in [0, 0.05) is 22.3 Å². The van der Waals surface area contributed by atoms with Crippen LogP contribution >= 0.6 is 27.7 Å². The highest BCUT2D eigenvalue weighted by atomic mass is 79.9. The average molecular weight is 625 g/mol. The first-order chi connectivity index (χ1) is 18.7. The lowest BCUT2D eigenvalue weighted by atomic mass is 9.70. The molecule has 3 aliphatic rings. The molecule has 3 saturated heterocycles. The molecule has 0 saturated carbocycles. The van der Waals surface area contributed by atoms with Crippen molar-refractivity contribution in [3.63, 3.8) is 0 Å². The molecule has 3 unspecified atom stereocenters. The van der Waals surface area contributed by atoms with Crippen molar-refractivity contribution in [1.82, 2.24) is 10.2 Å². The maximum atomic E-state index is 14.3. The lowest BCUT2D eigenvalue weighted by Gasteiger charge is -2.39. The van der Waals surface area contributed by atoms with Crippen molar-refractivity contribution in [3.8, 4) is 5.75 Å². The molecule has 8 atom stereocenters. The Morgan fingerprint density at radius 2 is 1.92 bits per heavy atom. The average Bonchev–Trinajstić information content (AvgIpc) is 3.51. The van der Waals surface area contributed by atoms with E-state index in [4.69, 9.17) is 4.74 Å². The molecule has 1 spiro atoms. The zero-order chi connectivity index (χ0) is 28.3. The monoisotopic (exact) mass is 623 g/mol. The molecule has 0 aromatic heterocycles. The molecular formula is C29H42BrN3O5S. The van der Waals surface area contributed by atoms with E-state index in [1.54, 1.807) is 28.8 Å². The minimum atomic E-state index is -0.735. The SMILES string of the molecule is CCCCCNC(=O)C1N([C@@H](CO)[C@@H](C)CC)C(=O)[C@@H]2[C@@H](C(=O)Nc3ccc(OCC)cc3)[C@@H]3SC12CC3Br. The van der Waals surface area contributed by atoms with Gasteiger partial charge in [0.1, 0.15) is 11.8 Å². The van der Waals surface area contributed by atoms with Gasteiger partial charge in [0.25, 0.3) is 0 Å². The van der Waals surface area contributed by atoms with Crippen LogP contribution in [0.3, 0.4) is 0 Å². The van der Waals surface area contributed by atoms with Crippen molar-refractivity contribution in [2.24, 2.45) is 17.8 Å². The molecule has 8 nitrogen and oxygen atoms in total. The molecule has 39 heavy (non-hydrogen) atoms. The number of aliphatic hydroxyl groups is 1. The molecule has 0 aliphatic carbocycles. The predicted octanol–water partition coefficient (Wildman–Crippen LogP) is 4.20. The third-order valence-corrected chi connectivity index (χ3v) is 11.9. The summed E-state index contributed by atoms with van der Waals surface area (Å²) in [7, 11) is 0. The summed E-state index contributed by atoms with van der Waals surface area (Å²) in [6.07, 6.45) is 4.31. The maximum absolute atomic E-state index is 14.3. The Hall–Kier alpha value is -1.78. The summed E-state index contributed by atoms with van der Waals surface area (Å²) in [4.78, 5) is 43.6. The third kappa shape index (κ3) is 5.58. The Morgan fingerprint density at radius 1 is 1.21 bits per heavy atom. The van der Waals surface area contributed by atoms with Gasteiger partial charge in [-0.15, -0.1) is 11.8 Å². The number of anilines is 1. The number of halogens is 1. The van der Waals surface area contributed by atoms with Gasteiger partial charge in [-0.3, -0.25) is 14.4 Å². The summed E-state index contributed by atoms with van der Waals surface area (Å²) in [5.74, 6) is -1.08. The van der Waals surface area contributed by atoms with Gasteiger partial charge in [0.2, 0.25) is 17.7 Å². The molecule has 0 radical (unpaired) electrons. The molecule has 2 bridgehead atoms. The number of nitrogens with zero attached hydrogens (tertiary/aromatic N) is 1. The summed E-state index contributed by atoms with van der Waals surface area (Å²) in [5, 5.41) is 16.4. The second-order valence-corrected chi connectivity index (χ2v) is 13.7. The second-order valence-electron chi connectivity index (χ2n) is 11.0. The van der Waals surface area contributed by atoms with Crippen LogP contribution in [0.25, 0.3) is 0 Å². The van der Waals surface area contributed by atoms with Gasteiger partial charge in [-0.1, -0.05) is 56.0 Å². The number of hydrogen-bond donors (Lipinski definition) is 3. The number of alkyl halides is 1. The molecule has 3 heterocycles. The molecule has 3 aliphatic heterocycles. The molecule has 3 N–H and O–H groups in total. The number of fused-ring (bicyclic) bond motifs is 1. The largest absolute Gasteiger partial charge is 0.494 e. The van der Waals surface area contributed by atoms with Gasteiger partial charge in [0.15, 0.2) is 0 Å². The van der Waals surface area contributed by atoms with Crippen LogP contribution in [-0.2, 0) is 14.4 Å². The number of likely N-dealkylation sites (tertiary alicyclic amines) is 1. The number of amides is 3. The summed E-state index contributed by atoms with van der Waals surface area (Å²) < 4.78 is 4.78. The Kier molecular flexibility index (Phi) is 9.92. The molecule has 4 rings (SSSR count). The fourth-order valence-electron chi connectivity index (χ4n) is 6.55. The fourth-order valence-corrected chi connectivity index (χ4v) is 10.1. The van der Waals surface area contributed by atoms with Gasteiger partial charge in [0.05, 0.1) is 35.8 Å². The third-order valence-electron chi connectivity index (χ3n) is 8.64. The minimum Gasteiger partial charge on any atom is -0.494 e.